The molecule has 2 unspecified atom stereocenters. The Labute approximate surface area is 114 Å². The third-order valence-corrected chi connectivity index (χ3v) is 4.21. The van der Waals surface area contributed by atoms with Gasteiger partial charge in [-0.2, -0.15) is 0 Å². The van der Waals surface area contributed by atoms with Crippen LogP contribution in [0.3, 0.4) is 0 Å². The van der Waals surface area contributed by atoms with Gasteiger partial charge >= 0.3 is 0 Å². The fourth-order valence-electron chi connectivity index (χ4n) is 2.53. The van der Waals surface area contributed by atoms with Crippen LogP contribution in [0.4, 0.5) is 4.39 Å². The first-order valence-electron chi connectivity index (χ1n) is 6.73. The molecule has 1 saturated carbocycles. The first-order valence-corrected chi connectivity index (χ1v) is 7.11. The van der Waals surface area contributed by atoms with Crippen molar-refractivity contribution in [3.05, 3.63) is 34.6 Å². The van der Waals surface area contributed by atoms with Crippen LogP contribution in [0, 0.1) is 17.7 Å². The molecule has 100 valence electrons. The third-order valence-electron chi connectivity index (χ3n) is 3.86. The van der Waals surface area contributed by atoms with Gasteiger partial charge < -0.3 is 5.32 Å². The molecule has 0 radical (unpaired) electrons. The minimum absolute atomic E-state index is 0.254. The second-order valence-corrected chi connectivity index (χ2v) is 6.01. The second kappa shape index (κ2) is 6.03. The summed E-state index contributed by atoms with van der Waals surface area (Å²) in [7, 11) is 0. The third kappa shape index (κ3) is 3.46. The summed E-state index contributed by atoms with van der Waals surface area (Å²) in [5.74, 6) is 1.18. The van der Waals surface area contributed by atoms with Crippen molar-refractivity contribution in [2.45, 2.75) is 39.2 Å². The van der Waals surface area contributed by atoms with Gasteiger partial charge in [-0.3, -0.25) is 0 Å². The number of nitrogens with one attached hydrogen (secondary N) is 1. The van der Waals surface area contributed by atoms with E-state index >= 15 is 0 Å². The van der Waals surface area contributed by atoms with Crippen molar-refractivity contribution >= 4 is 11.6 Å². The minimum atomic E-state index is -0.254. The maximum absolute atomic E-state index is 13.0. The summed E-state index contributed by atoms with van der Waals surface area (Å²) in [6.07, 6.45) is 3.53. The lowest BCUT2D eigenvalue weighted by atomic mass is 9.70. The number of benzene rings is 1. The summed E-state index contributed by atoms with van der Waals surface area (Å²) < 4.78 is 13.0. The van der Waals surface area contributed by atoms with E-state index in [4.69, 9.17) is 11.6 Å². The summed E-state index contributed by atoms with van der Waals surface area (Å²) in [5, 5.41) is 4.06. The molecule has 0 aliphatic heterocycles. The van der Waals surface area contributed by atoms with Crippen LogP contribution in [0.5, 0.6) is 0 Å². The van der Waals surface area contributed by atoms with Crippen LogP contribution in [0.2, 0.25) is 5.02 Å². The minimum Gasteiger partial charge on any atom is -0.314 e. The molecule has 18 heavy (non-hydrogen) atoms. The smallest absolute Gasteiger partial charge is 0.124 e. The summed E-state index contributed by atoms with van der Waals surface area (Å²) in [4.78, 5) is 0. The van der Waals surface area contributed by atoms with Crippen molar-refractivity contribution in [1.82, 2.24) is 5.32 Å². The molecule has 0 spiro atoms. The Hall–Kier alpha value is -0.600. The molecular formula is C15H21ClFN. The lowest BCUT2D eigenvalue weighted by molar-refractivity contribution is 0.168. The molecule has 0 amide bonds. The predicted octanol–water partition coefficient (Wildman–Crippen LogP) is 4.05. The molecule has 2 atom stereocenters. The Morgan fingerprint density at radius 2 is 2.06 bits per heavy atom. The molecule has 3 heteroatoms. The van der Waals surface area contributed by atoms with E-state index in [1.54, 1.807) is 0 Å². The van der Waals surface area contributed by atoms with E-state index in [9.17, 15) is 4.39 Å². The van der Waals surface area contributed by atoms with E-state index in [1.165, 1.54) is 25.0 Å². The predicted molar refractivity (Wildman–Crippen MR) is 74.5 cm³/mol. The average Bonchev–Trinajstić information content (AvgIpc) is 2.26. The van der Waals surface area contributed by atoms with Crippen LogP contribution >= 0.6 is 11.6 Å². The van der Waals surface area contributed by atoms with Crippen LogP contribution in [-0.4, -0.2) is 12.6 Å². The molecule has 0 heterocycles. The second-order valence-electron chi connectivity index (χ2n) is 5.60. The topological polar surface area (TPSA) is 12.0 Å². The van der Waals surface area contributed by atoms with Crippen LogP contribution in [-0.2, 0) is 6.42 Å². The van der Waals surface area contributed by atoms with Crippen LogP contribution < -0.4 is 5.32 Å². The lowest BCUT2D eigenvalue weighted by Gasteiger charge is -2.37. The van der Waals surface area contributed by atoms with Gasteiger partial charge in [0.25, 0.3) is 0 Å². The Kier molecular flexibility index (Phi) is 4.63. The summed E-state index contributed by atoms with van der Waals surface area (Å²) in [6, 6.07) is 5.28. The highest BCUT2D eigenvalue weighted by molar-refractivity contribution is 6.31. The summed E-state index contributed by atoms with van der Waals surface area (Å²) >= 11 is 6.07. The molecular weight excluding hydrogens is 249 g/mol. The average molecular weight is 270 g/mol. The highest BCUT2D eigenvalue weighted by Crippen LogP contribution is 2.37. The van der Waals surface area contributed by atoms with Crippen molar-refractivity contribution in [1.29, 1.82) is 0 Å². The number of hydrogen-bond donors (Lipinski definition) is 1. The van der Waals surface area contributed by atoms with Crippen molar-refractivity contribution in [3.63, 3.8) is 0 Å². The van der Waals surface area contributed by atoms with E-state index in [0.29, 0.717) is 17.0 Å². The van der Waals surface area contributed by atoms with E-state index < -0.39 is 0 Å². The van der Waals surface area contributed by atoms with Gasteiger partial charge in [0.15, 0.2) is 0 Å². The summed E-state index contributed by atoms with van der Waals surface area (Å²) in [6.45, 7) is 5.43. The van der Waals surface area contributed by atoms with Crippen molar-refractivity contribution in [3.8, 4) is 0 Å². The maximum atomic E-state index is 13.0. The van der Waals surface area contributed by atoms with Gasteiger partial charge in [0.2, 0.25) is 0 Å². The molecule has 1 aromatic rings. The first kappa shape index (κ1) is 13.8. The molecule has 1 aliphatic carbocycles. The van der Waals surface area contributed by atoms with Crippen LogP contribution in [0.15, 0.2) is 18.2 Å². The number of hydrogen-bond acceptors (Lipinski definition) is 1. The van der Waals surface area contributed by atoms with E-state index in [0.717, 1.165) is 24.4 Å². The molecule has 0 bridgehead atoms. The fraction of sp³-hybridized carbons (Fsp3) is 0.600. The van der Waals surface area contributed by atoms with Crippen LogP contribution in [0.25, 0.3) is 0 Å². The highest BCUT2D eigenvalue weighted by Gasteiger charge is 2.30. The van der Waals surface area contributed by atoms with Crippen molar-refractivity contribution < 1.29 is 4.39 Å². The highest BCUT2D eigenvalue weighted by atomic mass is 35.5. The van der Waals surface area contributed by atoms with Gasteiger partial charge in [-0.25, -0.2) is 4.39 Å². The molecule has 0 aromatic heterocycles. The van der Waals surface area contributed by atoms with E-state index in [1.807, 2.05) is 6.07 Å². The zero-order valence-electron chi connectivity index (χ0n) is 11.0. The van der Waals surface area contributed by atoms with E-state index in [-0.39, 0.29) is 5.82 Å². The molecule has 0 saturated heterocycles. The SMILES string of the molecule is CC(C)NCC1CCC1Cc1ccc(F)cc1Cl. The first-order chi connectivity index (χ1) is 8.56. The Morgan fingerprint density at radius 1 is 1.33 bits per heavy atom. The molecule has 1 aliphatic rings. The van der Waals surface area contributed by atoms with E-state index in [2.05, 4.69) is 19.2 Å². The number of rotatable bonds is 5. The summed E-state index contributed by atoms with van der Waals surface area (Å²) in [5.41, 5.74) is 1.08. The van der Waals surface area contributed by atoms with Gasteiger partial charge in [0.1, 0.15) is 5.82 Å². The fourth-order valence-corrected chi connectivity index (χ4v) is 2.78. The van der Waals surface area contributed by atoms with Gasteiger partial charge in [-0.05, 0) is 55.3 Å². The normalized spacial score (nSPS) is 23.2. The van der Waals surface area contributed by atoms with Gasteiger partial charge in [-0.1, -0.05) is 31.5 Å². The quantitative estimate of drug-likeness (QED) is 0.850. The molecule has 1 nitrogen and oxygen atoms in total. The molecule has 1 aromatic carbocycles. The maximum Gasteiger partial charge on any atom is 0.124 e. The zero-order chi connectivity index (χ0) is 13.1. The molecule has 1 N–H and O–H groups in total. The monoisotopic (exact) mass is 269 g/mol. The standard InChI is InChI=1S/C15H21ClFN/c1-10(2)18-9-13-4-3-11(13)7-12-5-6-14(17)8-15(12)16/h5-6,8,10-11,13,18H,3-4,7,9H2,1-2H3. The Bertz CT molecular complexity index is 405. The van der Waals surface area contributed by atoms with Crippen molar-refractivity contribution in [2.75, 3.05) is 6.54 Å². The Balaban J connectivity index is 1.89. The largest absolute Gasteiger partial charge is 0.314 e. The van der Waals surface area contributed by atoms with Crippen molar-refractivity contribution in [2.24, 2.45) is 11.8 Å². The van der Waals surface area contributed by atoms with Gasteiger partial charge in [0, 0.05) is 11.1 Å². The molecule has 2 rings (SSSR count). The molecule has 1 fully saturated rings. The van der Waals surface area contributed by atoms with Crippen LogP contribution in [0.1, 0.15) is 32.3 Å². The lowest BCUT2D eigenvalue weighted by Crippen LogP contribution is -2.38. The zero-order valence-corrected chi connectivity index (χ0v) is 11.8. The Morgan fingerprint density at radius 3 is 2.61 bits per heavy atom. The number of halogens is 2. The van der Waals surface area contributed by atoms with Gasteiger partial charge in [-0.15, -0.1) is 0 Å². The van der Waals surface area contributed by atoms with Gasteiger partial charge in [0.05, 0.1) is 0 Å².